The Morgan fingerprint density at radius 2 is 1.93 bits per heavy atom. The van der Waals surface area contributed by atoms with Gasteiger partial charge in [-0.05, 0) is 55.0 Å². The van der Waals surface area contributed by atoms with E-state index >= 15 is 0 Å². The summed E-state index contributed by atoms with van der Waals surface area (Å²) < 4.78 is 5.25. The molecule has 1 aliphatic carbocycles. The number of methoxy groups -OCH3 is 1. The van der Waals surface area contributed by atoms with Crippen molar-refractivity contribution in [3.63, 3.8) is 0 Å². The largest absolute Gasteiger partial charge is 0.497 e. The summed E-state index contributed by atoms with van der Waals surface area (Å²) >= 11 is 0. The number of urea groups is 1. The number of ether oxygens (including phenoxy) is 1. The number of nitrogens with zero attached hydrogens (tertiary/aromatic N) is 1. The zero-order valence-electron chi connectivity index (χ0n) is 16.8. The van der Waals surface area contributed by atoms with E-state index in [4.69, 9.17) is 9.72 Å². The second kappa shape index (κ2) is 8.99. The fourth-order valence-corrected chi connectivity index (χ4v) is 4.01. The lowest BCUT2D eigenvalue weighted by atomic mass is 10.1. The van der Waals surface area contributed by atoms with Crippen LogP contribution in [0.1, 0.15) is 43.1 Å². The van der Waals surface area contributed by atoms with Crippen molar-refractivity contribution in [2.45, 2.75) is 38.1 Å². The van der Waals surface area contributed by atoms with Gasteiger partial charge in [0.15, 0.2) is 0 Å². The van der Waals surface area contributed by atoms with E-state index in [0.29, 0.717) is 12.3 Å². The van der Waals surface area contributed by atoms with Crippen molar-refractivity contribution in [2.24, 2.45) is 5.92 Å². The highest BCUT2D eigenvalue weighted by Crippen LogP contribution is 2.24. The molecule has 6 heteroatoms. The zero-order valence-corrected chi connectivity index (χ0v) is 16.8. The number of hydrogen-bond acceptors (Lipinski definition) is 3. The molecule has 2 amide bonds. The number of H-pyrrole nitrogens is 1. The lowest BCUT2D eigenvalue weighted by Crippen LogP contribution is -2.40. The second-order valence-corrected chi connectivity index (χ2v) is 7.75. The Kier molecular flexibility index (Phi) is 5.98. The van der Waals surface area contributed by atoms with Crippen LogP contribution in [0.5, 0.6) is 5.75 Å². The van der Waals surface area contributed by atoms with Crippen LogP contribution in [-0.2, 0) is 6.42 Å². The number of amides is 2. The van der Waals surface area contributed by atoms with Gasteiger partial charge in [0.1, 0.15) is 11.6 Å². The van der Waals surface area contributed by atoms with Crippen LogP contribution in [0.4, 0.5) is 4.79 Å². The first-order valence-electron chi connectivity index (χ1n) is 10.3. The number of carbonyl (C=O) groups is 1. The molecule has 1 unspecified atom stereocenters. The first kappa shape index (κ1) is 19.3. The molecule has 6 nitrogen and oxygen atoms in total. The minimum Gasteiger partial charge on any atom is -0.497 e. The van der Waals surface area contributed by atoms with Crippen molar-refractivity contribution in [1.82, 2.24) is 20.6 Å². The van der Waals surface area contributed by atoms with Gasteiger partial charge < -0.3 is 20.4 Å². The number of carbonyl (C=O) groups excluding carboxylic acids is 1. The summed E-state index contributed by atoms with van der Waals surface area (Å²) in [6.07, 6.45) is 5.60. The van der Waals surface area contributed by atoms with Crippen LogP contribution in [-0.4, -0.2) is 29.7 Å². The maximum Gasteiger partial charge on any atom is 0.315 e. The van der Waals surface area contributed by atoms with E-state index in [9.17, 15) is 4.79 Å². The van der Waals surface area contributed by atoms with Crippen molar-refractivity contribution in [3.8, 4) is 5.75 Å². The van der Waals surface area contributed by atoms with Gasteiger partial charge in [0.25, 0.3) is 0 Å². The molecule has 1 atom stereocenters. The Labute approximate surface area is 171 Å². The van der Waals surface area contributed by atoms with E-state index in [1.807, 2.05) is 48.5 Å². The summed E-state index contributed by atoms with van der Waals surface area (Å²) in [6.45, 7) is 0.737. The normalized spacial score (nSPS) is 15.3. The number of fused-ring (bicyclic) bond motifs is 1. The van der Waals surface area contributed by atoms with E-state index in [2.05, 4.69) is 15.6 Å². The summed E-state index contributed by atoms with van der Waals surface area (Å²) in [4.78, 5) is 20.7. The molecule has 152 valence electrons. The third-order valence-corrected chi connectivity index (χ3v) is 5.67. The summed E-state index contributed by atoms with van der Waals surface area (Å²) in [5, 5.41) is 6.17. The molecule has 1 saturated carbocycles. The summed E-state index contributed by atoms with van der Waals surface area (Å²) in [7, 11) is 1.66. The second-order valence-electron chi connectivity index (χ2n) is 7.75. The Hall–Kier alpha value is -3.02. The average molecular weight is 393 g/mol. The summed E-state index contributed by atoms with van der Waals surface area (Å²) in [6, 6.07) is 15.4. The van der Waals surface area contributed by atoms with Gasteiger partial charge >= 0.3 is 6.03 Å². The first-order chi connectivity index (χ1) is 14.2. The van der Waals surface area contributed by atoms with Crippen LogP contribution in [0.15, 0.2) is 48.5 Å². The summed E-state index contributed by atoms with van der Waals surface area (Å²) in [5.74, 6) is 2.18. The number of hydrogen-bond donors (Lipinski definition) is 3. The molecule has 1 aromatic heterocycles. The Morgan fingerprint density at radius 3 is 2.66 bits per heavy atom. The molecular weight excluding hydrogens is 364 g/mol. The quantitative estimate of drug-likeness (QED) is 0.559. The standard InChI is InChI=1S/C23H28N4O2/c1-29-18-12-10-16(11-13-18)14-21(22-25-19-8-4-5-9-20(19)26-22)27-23(28)24-15-17-6-2-3-7-17/h4-5,8-13,17,21H,2-3,6-7,14-15H2,1H3,(H,25,26)(H2,24,27,28). The maximum absolute atomic E-state index is 12.6. The van der Waals surface area contributed by atoms with Crippen LogP contribution >= 0.6 is 0 Å². The highest BCUT2D eigenvalue weighted by atomic mass is 16.5. The number of imidazole rings is 1. The number of benzene rings is 2. The summed E-state index contributed by atoms with van der Waals surface area (Å²) in [5.41, 5.74) is 2.97. The molecule has 1 aliphatic rings. The number of aromatic nitrogens is 2. The molecule has 4 rings (SSSR count). The number of aromatic amines is 1. The fourth-order valence-electron chi connectivity index (χ4n) is 4.01. The van der Waals surface area contributed by atoms with Gasteiger partial charge in [0.05, 0.1) is 24.2 Å². The molecule has 0 aliphatic heterocycles. The topological polar surface area (TPSA) is 79.0 Å². The van der Waals surface area contributed by atoms with Crippen molar-refractivity contribution in [2.75, 3.05) is 13.7 Å². The molecule has 1 fully saturated rings. The van der Waals surface area contributed by atoms with Crippen LogP contribution in [0.2, 0.25) is 0 Å². The van der Waals surface area contributed by atoms with Gasteiger partial charge in [-0.1, -0.05) is 37.1 Å². The van der Waals surface area contributed by atoms with E-state index in [1.165, 1.54) is 25.7 Å². The minimum atomic E-state index is -0.251. The minimum absolute atomic E-state index is 0.143. The molecule has 3 N–H and O–H groups in total. The lowest BCUT2D eigenvalue weighted by Gasteiger charge is -2.19. The highest BCUT2D eigenvalue weighted by molar-refractivity contribution is 5.76. The highest BCUT2D eigenvalue weighted by Gasteiger charge is 2.21. The molecule has 0 spiro atoms. The lowest BCUT2D eigenvalue weighted by molar-refractivity contribution is 0.234. The van der Waals surface area contributed by atoms with Gasteiger partial charge in [0, 0.05) is 6.54 Å². The Bertz CT molecular complexity index is 912. The average Bonchev–Trinajstić information content (AvgIpc) is 3.42. The van der Waals surface area contributed by atoms with Crippen molar-refractivity contribution >= 4 is 17.1 Å². The van der Waals surface area contributed by atoms with E-state index < -0.39 is 0 Å². The van der Waals surface area contributed by atoms with Gasteiger partial charge in [-0.3, -0.25) is 0 Å². The SMILES string of the molecule is COc1ccc(CC(NC(=O)NCC2CCCC2)c2nc3ccccc3[nH]2)cc1. The first-order valence-corrected chi connectivity index (χ1v) is 10.3. The van der Waals surface area contributed by atoms with Crippen LogP contribution in [0.25, 0.3) is 11.0 Å². The third kappa shape index (κ3) is 4.88. The predicted octanol–water partition coefficient (Wildman–Crippen LogP) is 4.34. The van der Waals surface area contributed by atoms with Crippen molar-refractivity contribution in [3.05, 3.63) is 59.9 Å². The maximum atomic E-state index is 12.6. The van der Waals surface area contributed by atoms with Gasteiger partial charge in [-0.15, -0.1) is 0 Å². The monoisotopic (exact) mass is 392 g/mol. The van der Waals surface area contributed by atoms with Crippen LogP contribution in [0, 0.1) is 5.92 Å². The molecule has 0 radical (unpaired) electrons. The Balaban J connectivity index is 1.49. The molecule has 0 saturated heterocycles. The predicted molar refractivity (Wildman–Crippen MR) is 114 cm³/mol. The number of para-hydroxylation sites is 2. The van der Waals surface area contributed by atoms with Gasteiger partial charge in [-0.2, -0.15) is 0 Å². The Morgan fingerprint density at radius 1 is 1.17 bits per heavy atom. The fraction of sp³-hybridized carbons (Fsp3) is 0.391. The van der Waals surface area contributed by atoms with E-state index in [1.54, 1.807) is 7.11 Å². The third-order valence-electron chi connectivity index (χ3n) is 5.67. The van der Waals surface area contributed by atoms with Gasteiger partial charge in [0.2, 0.25) is 0 Å². The number of nitrogens with one attached hydrogen (secondary N) is 3. The van der Waals surface area contributed by atoms with Gasteiger partial charge in [-0.25, -0.2) is 9.78 Å². The smallest absolute Gasteiger partial charge is 0.315 e. The van der Waals surface area contributed by atoms with E-state index in [0.717, 1.165) is 34.7 Å². The molecule has 0 bridgehead atoms. The molecule has 1 heterocycles. The molecular formula is C23H28N4O2. The zero-order chi connectivity index (χ0) is 20.1. The van der Waals surface area contributed by atoms with Crippen molar-refractivity contribution < 1.29 is 9.53 Å². The van der Waals surface area contributed by atoms with Crippen molar-refractivity contribution in [1.29, 1.82) is 0 Å². The molecule has 2 aromatic carbocycles. The van der Waals surface area contributed by atoms with Crippen LogP contribution < -0.4 is 15.4 Å². The number of rotatable bonds is 7. The van der Waals surface area contributed by atoms with E-state index in [-0.39, 0.29) is 12.1 Å². The van der Waals surface area contributed by atoms with Crippen LogP contribution in [0.3, 0.4) is 0 Å². The molecule has 3 aromatic rings. The molecule has 29 heavy (non-hydrogen) atoms.